The largest absolute Gasteiger partial charge is 0.398 e. The highest BCUT2D eigenvalue weighted by atomic mass is 35.5. The second-order valence-corrected chi connectivity index (χ2v) is 3.08. The van der Waals surface area contributed by atoms with E-state index in [1.165, 1.54) is 13.6 Å². The second-order valence-electron chi connectivity index (χ2n) is 2.67. The highest BCUT2D eigenvalue weighted by molar-refractivity contribution is 6.32. The van der Waals surface area contributed by atoms with Crippen LogP contribution in [-0.4, -0.2) is 13.0 Å². The molecule has 5 heteroatoms. The molecule has 0 atom stereocenters. The predicted octanol–water partition coefficient (Wildman–Crippen LogP) is 0.750. The van der Waals surface area contributed by atoms with E-state index in [0.717, 1.165) is 0 Å². The van der Waals surface area contributed by atoms with E-state index in [1.54, 1.807) is 12.1 Å². The van der Waals surface area contributed by atoms with Crippen molar-refractivity contribution in [1.82, 2.24) is 5.32 Å². The molecule has 0 spiro atoms. The van der Waals surface area contributed by atoms with Crippen LogP contribution in [0.4, 0.5) is 5.69 Å². The molecule has 0 unspecified atom stereocenters. The molecule has 1 rings (SSSR count). The molecule has 0 fully saturated rings. The molecule has 0 saturated heterocycles. The molecule has 14 heavy (non-hydrogen) atoms. The Morgan fingerprint density at radius 3 is 2.71 bits per heavy atom. The monoisotopic (exact) mass is 212 g/mol. The van der Waals surface area contributed by atoms with Crippen molar-refractivity contribution in [3.63, 3.8) is 0 Å². The van der Waals surface area contributed by atoms with E-state index in [9.17, 15) is 4.79 Å². The molecule has 5 N–H and O–H groups in total. The van der Waals surface area contributed by atoms with Crippen molar-refractivity contribution in [2.45, 2.75) is 0 Å². The summed E-state index contributed by atoms with van der Waals surface area (Å²) < 4.78 is 0. The first kappa shape index (κ1) is 10.8. The summed E-state index contributed by atoms with van der Waals surface area (Å²) in [6, 6.07) is 3.17. The fourth-order valence-electron chi connectivity index (χ4n) is 1.15. The minimum Gasteiger partial charge on any atom is -0.398 e. The van der Waals surface area contributed by atoms with Crippen molar-refractivity contribution in [1.29, 1.82) is 0 Å². The quantitative estimate of drug-likeness (QED) is 0.633. The Labute approximate surface area is 87.2 Å². The minimum absolute atomic E-state index is 0.304. The zero-order chi connectivity index (χ0) is 10.7. The molecular formula is C9H11ClN3O. The number of carbonyl (C=O) groups excluding carboxylic acids is 1. The van der Waals surface area contributed by atoms with E-state index in [1.807, 2.05) is 0 Å². The summed E-state index contributed by atoms with van der Waals surface area (Å²) in [6.07, 6.45) is 0. The lowest BCUT2D eigenvalue weighted by Gasteiger charge is -2.10. The molecular weight excluding hydrogens is 202 g/mol. The molecule has 0 bridgehead atoms. The first-order valence-corrected chi connectivity index (χ1v) is 4.34. The molecule has 0 aliphatic carbocycles. The zero-order valence-electron chi connectivity index (χ0n) is 7.67. The van der Waals surface area contributed by atoms with E-state index in [0.29, 0.717) is 21.8 Å². The Bertz CT molecular complexity index is 365. The summed E-state index contributed by atoms with van der Waals surface area (Å²) in [6.45, 7) is 1.27. The fraction of sp³-hybridized carbons (Fsp3) is 0.111. The molecule has 0 saturated carbocycles. The number of rotatable bonds is 2. The van der Waals surface area contributed by atoms with Gasteiger partial charge in [0, 0.05) is 23.3 Å². The Balaban J connectivity index is 3.37. The fourth-order valence-corrected chi connectivity index (χ4v) is 1.37. The Morgan fingerprint density at radius 2 is 2.21 bits per heavy atom. The van der Waals surface area contributed by atoms with Gasteiger partial charge in [-0.25, -0.2) is 0 Å². The van der Waals surface area contributed by atoms with Crippen molar-refractivity contribution in [2.24, 2.45) is 5.73 Å². The van der Waals surface area contributed by atoms with Crippen molar-refractivity contribution in [3.05, 3.63) is 34.8 Å². The number of nitrogens with two attached hydrogens (primary N) is 2. The van der Waals surface area contributed by atoms with E-state index in [-0.39, 0.29) is 5.91 Å². The Morgan fingerprint density at radius 1 is 1.57 bits per heavy atom. The van der Waals surface area contributed by atoms with E-state index >= 15 is 0 Å². The average Bonchev–Trinajstić information content (AvgIpc) is 2.19. The molecule has 75 valence electrons. The van der Waals surface area contributed by atoms with Gasteiger partial charge < -0.3 is 16.8 Å². The van der Waals surface area contributed by atoms with Gasteiger partial charge in [-0.3, -0.25) is 4.79 Å². The van der Waals surface area contributed by atoms with Gasteiger partial charge in [-0.1, -0.05) is 11.6 Å². The van der Waals surface area contributed by atoms with Gasteiger partial charge in [-0.2, -0.15) is 0 Å². The maximum atomic E-state index is 11.4. The molecule has 0 aliphatic heterocycles. The molecule has 0 aliphatic rings. The number of nitrogen functional groups attached to an aromatic ring is 1. The molecule has 1 aromatic carbocycles. The minimum atomic E-state index is -0.304. The van der Waals surface area contributed by atoms with Crippen LogP contribution in [0.3, 0.4) is 0 Å². The topological polar surface area (TPSA) is 81.1 Å². The molecule has 0 aromatic heterocycles. The summed E-state index contributed by atoms with van der Waals surface area (Å²) in [5, 5.41) is 2.87. The lowest BCUT2D eigenvalue weighted by Crippen LogP contribution is -2.22. The maximum absolute atomic E-state index is 11.4. The summed E-state index contributed by atoms with van der Waals surface area (Å²) >= 11 is 5.86. The highest BCUT2D eigenvalue weighted by Gasteiger charge is 2.15. The normalized spacial score (nSPS) is 9.93. The molecule has 1 amide bonds. The summed E-state index contributed by atoms with van der Waals surface area (Å²) in [7, 11) is 1.52. The maximum Gasteiger partial charge on any atom is 0.253 e. The van der Waals surface area contributed by atoms with Crippen molar-refractivity contribution in [2.75, 3.05) is 12.8 Å². The zero-order valence-corrected chi connectivity index (χ0v) is 8.43. The predicted molar refractivity (Wildman–Crippen MR) is 56.8 cm³/mol. The van der Waals surface area contributed by atoms with Crippen LogP contribution in [0.15, 0.2) is 12.1 Å². The third-order valence-corrected chi connectivity index (χ3v) is 2.17. The number of halogens is 1. The highest BCUT2D eigenvalue weighted by Crippen LogP contribution is 2.25. The Kier molecular flexibility index (Phi) is 3.33. The van der Waals surface area contributed by atoms with Gasteiger partial charge in [0.05, 0.1) is 12.1 Å². The Hall–Kier alpha value is -1.26. The van der Waals surface area contributed by atoms with E-state index in [2.05, 4.69) is 5.32 Å². The van der Waals surface area contributed by atoms with E-state index < -0.39 is 0 Å². The smallest absolute Gasteiger partial charge is 0.253 e. The molecule has 4 nitrogen and oxygen atoms in total. The first-order valence-electron chi connectivity index (χ1n) is 3.96. The number of benzene rings is 1. The summed E-state index contributed by atoms with van der Waals surface area (Å²) in [5.41, 5.74) is 12.1. The van der Waals surface area contributed by atoms with Crippen LogP contribution in [0.2, 0.25) is 5.02 Å². The number of hydrogen-bond donors (Lipinski definition) is 3. The SMILES string of the molecule is CNC(=O)c1c(N)ccc(Cl)c1[CH]N. The van der Waals surface area contributed by atoms with Gasteiger partial charge in [0.15, 0.2) is 0 Å². The van der Waals surface area contributed by atoms with Gasteiger partial charge >= 0.3 is 0 Å². The number of amides is 1. The first-order chi connectivity index (χ1) is 6.61. The number of hydrogen-bond acceptors (Lipinski definition) is 3. The lowest BCUT2D eigenvalue weighted by molar-refractivity contribution is 0.0963. The standard InChI is InChI=1S/C9H11ClN3O/c1-13-9(14)8-5(4-11)6(10)2-3-7(8)12/h2-4H,11-12H2,1H3,(H,13,14). The molecule has 0 heterocycles. The van der Waals surface area contributed by atoms with Gasteiger partial charge in [0.1, 0.15) is 0 Å². The van der Waals surface area contributed by atoms with Crippen LogP contribution < -0.4 is 16.8 Å². The second kappa shape index (κ2) is 4.30. The van der Waals surface area contributed by atoms with Gasteiger partial charge in [-0.05, 0) is 12.1 Å². The van der Waals surface area contributed by atoms with Gasteiger partial charge in [0.2, 0.25) is 0 Å². The third-order valence-electron chi connectivity index (χ3n) is 1.85. The lowest BCUT2D eigenvalue weighted by atomic mass is 10.0. The summed E-state index contributed by atoms with van der Waals surface area (Å²) in [4.78, 5) is 11.4. The number of carbonyl (C=O) groups is 1. The molecule has 1 aromatic rings. The van der Waals surface area contributed by atoms with Crippen molar-refractivity contribution in [3.8, 4) is 0 Å². The third kappa shape index (κ3) is 1.81. The average molecular weight is 213 g/mol. The van der Waals surface area contributed by atoms with Crippen LogP contribution >= 0.6 is 11.6 Å². The van der Waals surface area contributed by atoms with Crippen LogP contribution in [0, 0.1) is 6.54 Å². The van der Waals surface area contributed by atoms with Gasteiger partial charge in [0.25, 0.3) is 5.91 Å². The van der Waals surface area contributed by atoms with Crippen LogP contribution in [0.5, 0.6) is 0 Å². The van der Waals surface area contributed by atoms with Crippen LogP contribution in [0.25, 0.3) is 0 Å². The van der Waals surface area contributed by atoms with Crippen molar-refractivity contribution < 1.29 is 4.79 Å². The molecule has 1 radical (unpaired) electrons. The number of anilines is 1. The summed E-state index contributed by atoms with van der Waals surface area (Å²) in [5.74, 6) is -0.304. The van der Waals surface area contributed by atoms with E-state index in [4.69, 9.17) is 23.1 Å². The van der Waals surface area contributed by atoms with Crippen LogP contribution in [-0.2, 0) is 0 Å². The number of nitrogens with one attached hydrogen (secondary N) is 1. The van der Waals surface area contributed by atoms with Crippen molar-refractivity contribution >= 4 is 23.2 Å². The van der Waals surface area contributed by atoms with Crippen LogP contribution in [0.1, 0.15) is 15.9 Å². The van der Waals surface area contributed by atoms with Gasteiger partial charge in [-0.15, -0.1) is 0 Å².